The van der Waals surface area contributed by atoms with Crippen molar-refractivity contribution in [2.24, 2.45) is 0 Å². The van der Waals surface area contributed by atoms with Gasteiger partial charge in [0.25, 0.3) is 0 Å². The number of rotatable bonds is 4. The summed E-state index contributed by atoms with van der Waals surface area (Å²) in [6.07, 6.45) is 4.56. The van der Waals surface area contributed by atoms with Crippen LogP contribution in [0.1, 0.15) is 5.69 Å². The summed E-state index contributed by atoms with van der Waals surface area (Å²) < 4.78 is 20.5. The van der Waals surface area contributed by atoms with Crippen LogP contribution in [0.2, 0.25) is 5.02 Å². The van der Waals surface area contributed by atoms with E-state index in [9.17, 15) is 4.39 Å². The molecule has 0 atom stereocenters. The fourth-order valence-corrected chi connectivity index (χ4v) is 2.10. The summed E-state index contributed by atoms with van der Waals surface area (Å²) in [6.45, 7) is 0.157. The molecule has 0 radical (unpaired) electrons. The highest BCUT2D eigenvalue weighted by Crippen LogP contribution is 2.19. The second-order valence-electron chi connectivity index (χ2n) is 4.23. The largest absolute Gasteiger partial charge is 0.457 e. The number of hydrogen-bond donors (Lipinski definition) is 0. The van der Waals surface area contributed by atoms with E-state index in [1.807, 2.05) is 0 Å². The Morgan fingerprint density at radius 3 is 2.77 bits per heavy atom. The van der Waals surface area contributed by atoms with Crippen LogP contribution in [0.25, 0.3) is 5.69 Å². The van der Waals surface area contributed by atoms with E-state index in [1.54, 1.807) is 18.3 Å². The normalized spacial score (nSPS) is 10.7. The average molecular weight is 385 g/mol. The number of hydrogen-bond acceptors (Lipinski definition) is 5. The van der Waals surface area contributed by atoms with Crippen molar-refractivity contribution in [3.8, 4) is 11.7 Å². The molecule has 0 saturated carbocycles. The van der Waals surface area contributed by atoms with Gasteiger partial charge in [-0.3, -0.25) is 0 Å². The van der Waals surface area contributed by atoms with Gasteiger partial charge in [0.1, 0.15) is 18.1 Å². The maximum atomic E-state index is 13.2. The molecule has 0 bridgehead atoms. The summed E-state index contributed by atoms with van der Waals surface area (Å²) in [4.78, 5) is 7.82. The Balaban J connectivity index is 1.70. The van der Waals surface area contributed by atoms with Gasteiger partial charge in [0.05, 0.1) is 33.8 Å². The number of ether oxygens (including phenoxy) is 1. The molecule has 9 heteroatoms. The average Bonchev–Trinajstić information content (AvgIpc) is 2.98. The maximum Gasteiger partial charge on any atom is 0.316 e. The predicted octanol–water partition coefficient (Wildman–Crippen LogP) is 3.19. The molecule has 6 nitrogen and oxygen atoms in total. The van der Waals surface area contributed by atoms with Gasteiger partial charge < -0.3 is 4.74 Å². The minimum absolute atomic E-state index is 0.157. The monoisotopic (exact) mass is 383 g/mol. The number of nitrogens with zero attached hydrogens (tertiary/aromatic N) is 5. The van der Waals surface area contributed by atoms with E-state index in [-0.39, 0.29) is 18.4 Å². The van der Waals surface area contributed by atoms with Crippen molar-refractivity contribution in [1.82, 2.24) is 25.0 Å². The SMILES string of the molecule is Fc1ccc(-n2cc(COc3ncc(Cl)cn3)nn2)cc1Br. The van der Waals surface area contributed by atoms with E-state index in [4.69, 9.17) is 16.3 Å². The minimum Gasteiger partial charge on any atom is -0.457 e. The highest BCUT2D eigenvalue weighted by molar-refractivity contribution is 9.10. The van der Waals surface area contributed by atoms with E-state index in [0.29, 0.717) is 20.9 Å². The topological polar surface area (TPSA) is 65.7 Å². The molecular weight excluding hydrogens is 377 g/mol. The maximum absolute atomic E-state index is 13.2. The molecule has 1 aromatic carbocycles. The third-order valence-electron chi connectivity index (χ3n) is 2.65. The zero-order valence-corrected chi connectivity index (χ0v) is 13.3. The van der Waals surface area contributed by atoms with E-state index in [1.165, 1.54) is 23.1 Å². The first-order valence-electron chi connectivity index (χ1n) is 6.09. The first-order valence-corrected chi connectivity index (χ1v) is 7.26. The van der Waals surface area contributed by atoms with Gasteiger partial charge in [0, 0.05) is 0 Å². The second kappa shape index (κ2) is 6.37. The van der Waals surface area contributed by atoms with Crippen LogP contribution in [0, 0.1) is 5.82 Å². The third kappa shape index (κ3) is 3.40. The molecule has 0 saturated heterocycles. The Kier molecular flexibility index (Phi) is 4.30. The molecule has 0 unspecified atom stereocenters. The first kappa shape index (κ1) is 14.9. The zero-order chi connectivity index (χ0) is 15.5. The highest BCUT2D eigenvalue weighted by Gasteiger charge is 2.07. The van der Waals surface area contributed by atoms with E-state index < -0.39 is 0 Å². The van der Waals surface area contributed by atoms with Crippen LogP contribution < -0.4 is 4.74 Å². The zero-order valence-electron chi connectivity index (χ0n) is 10.9. The molecule has 0 aliphatic carbocycles. The molecule has 0 spiro atoms. The lowest BCUT2D eigenvalue weighted by molar-refractivity contribution is 0.276. The summed E-state index contributed by atoms with van der Waals surface area (Å²) in [5.41, 5.74) is 1.26. The molecule has 0 amide bonds. The molecule has 2 aromatic heterocycles. The van der Waals surface area contributed by atoms with Gasteiger partial charge in [-0.15, -0.1) is 5.10 Å². The number of halogens is 3. The Morgan fingerprint density at radius 1 is 1.27 bits per heavy atom. The molecular formula is C13H8BrClFN5O. The molecule has 0 aliphatic heterocycles. The van der Waals surface area contributed by atoms with Crippen LogP contribution in [0.15, 0.2) is 41.3 Å². The number of aromatic nitrogens is 5. The standard InChI is InChI=1S/C13H8BrClFN5O/c14-11-3-10(1-2-12(11)16)21-6-9(19-20-21)7-22-13-17-4-8(15)5-18-13/h1-6H,7H2. The molecule has 0 fully saturated rings. The predicted molar refractivity (Wildman–Crippen MR) is 80.4 cm³/mol. The molecule has 3 aromatic rings. The molecule has 22 heavy (non-hydrogen) atoms. The summed E-state index contributed by atoms with van der Waals surface area (Å²) >= 11 is 8.82. The quantitative estimate of drug-likeness (QED) is 0.691. The molecule has 112 valence electrons. The first-order chi connectivity index (χ1) is 10.6. The van der Waals surface area contributed by atoms with Gasteiger partial charge in [-0.1, -0.05) is 16.8 Å². The Labute approximate surface area is 138 Å². The highest BCUT2D eigenvalue weighted by atomic mass is 79.9. The fourth-order valence-electron chi connectivity index (χ4n) is 1.63. The van der Waals surface area contributed by atoms with Crippen molar-refractivity contribution in [1.29, 1.82) is 0 Å². The van der Waals surface area contributed by atoms with Crippen molar-refractivity contribution < 1.29 is 9.13 Å². The second-order valence-corrected chi connectivity index (χ2v) is 5.52. The van der Waals surface area contributed by atoms with Crippen LogP contribution in [-0.2, 0) is 6.61 Å². The lowest BCUT2D eigenvalue weighted by atomic mass is 10.3. The molecule has 2 heterocycles. The summed E-state index contributed by atoms with van der Waals surface area (Å²) in [5.74, 6) is -0.340. The Morgan fingerprint density at radius 2 is 2.05 bits per heavy atom. The Hall–Kier alpha value is -2.06. The van der Waals surface area contributed by atoms with E-state index in [2.05, 4.69) is 36.2 Å². The van der Waals surface area contributed by atoms with Crippen LogP contribution in [0.4, 0.5) is 4.39 Å². The van der Waals surface area contributed by atoms with Gasteiger partial charge in [-0.05, 0) is 34.1 Å². The fraction of sp³-hybridized carbons (Fsp3) is 0.0769. The van der Waals surface area contributed by atoms with Crippen LogP contribution in [-0.4, -0.2) is 25.0 Å². The van der Waals surface area contributed by atoms with Crippen LogP contribution in [0.5, 0.6) is 6.01 Å². The van der Waals surface area contributed by atoms with Gasteiger partial charge in [0.15, 0.2) is 0 Å². The van der Waals surface area contributed by atoms with Gasteiger partial charge in [-0.2, -0.15) is 0 Å². The van der Waals surface area contributed by atoms with Crippen molar-refractivity contribution >= 4 is 27.5 Å². The number of benzene rings is 1. The third-order valence-corrected chi connectivity index (χ3v) is 3.46. The van der Waals surface area contributed by atoms with Crippen molar-refractivity contribution in [3.63, 3.8) is 0 Å². The van der Waals surface area contributed by atoms with Crippen molar-refractivity contribution in [2.75, 3.05) is 0 Å². The summed E-state index contributed by atoms with van der Waals surface area (Å²) in [5, 5.41) is 8.37. The van der Waals surface area contributed by atoms with Crippen LogP contribution >= 0.6 is 27.5 Å². The van der Waals surface area contributed by atoms with Gasteiger partial charge in [-0.25, -0.2) is 19.0 Å². The van der Waals surface area contributed by atoms with Crippen LogP contribution in [0.3, 0.4) is 0 Å². The lowest BCUT2D eigenvalue weighted by Crippen LogP contribution is -1.99. The van der Waals surface area contributed by atoms with Crippen molar-refractivity contribution in [2.45, 2.75) is 6.61 Å². The summed E-state index contributed by atoms with van der Waals surface area (Å²) in [6, 6.07) is 4.75. The summed E-state index contributed by atoms with van der Waals surface area (Å²) in [7, 11) is 0. The van der Waals surface area contributed by atoms with Gasteiger partial charge >= 0.3 is 6.01 Å². The molecule has 0 aliphatic rings. The lowest BCUT2D eigenvalue weighted by Gasteiger charge is -2.02. The Bertz CT molecular complexity index is 795. The van der Waals surface area contributed by atoms with E-state index >= 15 is 0 Å². The van der Waals surface area contributed by atoms with Crippen molar-refractivity contribution in [3.05, 3.63) is 57.8 Å². The minimum atomic E-state index is -0.340. The van der Waals surface area contributed by atoms with E-state index in [0.717, 1.165) is 0 Å². The smallest absolute Gasteiger partial charge is 0.316 e. The molecule has 0 N–H and O–H groups in total. The van der Waals surface area contributed by atoms with Gasteiger partial charge in [0.2, 0.25) is 0 Å². The molecule has 3 rings (SSSR count).